The highest BCUT2D eigenvalue weighted by Gasteiger charge is 2.46. The summed E-state index contributed by atoms with van der Waals surface area (Å²) >= 11 is 0. The number of nitrogens with one attached hydrogen (secondary N) is 1. The third kappa shape index (κ3) is 4.31. The lowest BCUT2D eigenvalue weighted by atomic mass is 9.62. The molecule has 0 amide bonds. The summed E-state index contributed by atoms with van der Waals surface area (Å²) in [6.45, 7) is 3.35. The van der Waals surface area contributed by atoms with Crippen LogP contribution in [0.4, 0.5) is 5.69 Å². The maximum Gasteiger partial charge on any atom is 0.140 e. The molecule has 1 aliphatic rings. The lowest BCUT2D eigenvalue weighted by molar-refractivity contribution is -0.126. The van der Waals surface area contributed by atoms with E-state index in [0.717, 1.165) is 18.5 Å². The fourth-order valence-corrected chi connectivity index (χ4v) is 4.16. The number of hydrogen-bond acceptors (Lipinski definition) is 5. The van der Waals surface area contributed by atoms with Crippen LogP contribution in [0.3, 0.4) is 0 Å². The van der Waals surface area contributed by atoms with E-state index in [4.69, 9.17) is 10.5 Å². The Morgan fingerprint density at radius 3 is 2.63 bits per heavy atom. The van der Waals surface area contributed by atoms with Gasteiger partial charge >= 0.3 is 0 Å². The number of anilines is 1. The number of carbonyl (C=O) groups excluding carboxylic acids is 1. The van der Waals surface area contributed by atoms with Crippen LogP contribution in [0, 0.1) is 5.92 Å². The number of benzene rings is 2. The molecule has 0 saturated carbocycles. The molecule has 0 bridgehead atoms. The second-order valence-electron chi connectivity index (χ2n) is 7.31. The molecule has 1 heterocycles. The third-order valence-electron chi connectivity index (χ3n) is 5.58. The number of aliphatic hydroxyl groups excluding tert-OH is 1. The first-order chi connectivity index (χ1) is 13.0. The second-order valence-corrected chi connectivity index (χ2v) is 7.31. The van der Waals surface area contributed by atoms with Crippen LogP contribution in [0.1, 0.15) is 25.3 Å². The number of hydrogen-bond donors (Lipinski definition) is 3. The van der Waals surface area contributed by atoms with Gasteiger partial charge in [-0.05, 0) is 68.6 Å². The van der Waals surface area contributed by atoms with E-state index in [1.165, 1.54) is 0 Å². The predicted octanol–water partition coefficient (Wildman–Crippen LogP) is 2.54. The molecule has 1 saturated heterocycles. The Morgan fingerprint density at radius 1 is 1.26 bits per heavy atom. The minimum absolute atomic E-state index is 0.0103. The van der Waals surface area contributed by atoms with Crippen molar-refractivity contribution in [1.29, 1.82) is 0 Å². The Kier molecular flexibility index (Phi) is 6.14. The van der Waals surface area contributed by atoms with Crippen molar-refractivity contribution in [1.82, 2.24) is 5.32 Å². The lowest BCUT2D eigenvalue weighted by Gasteiger charge is -2.44. The SMILES string of the molecule is CC(=O)[C@]1(c2ccccc2)CCNC[C@H]1C[C@@H](O)COc1ccc(N)cc1. The van der Waals surface area contributed by atoms with Crippen LogP contribution in [0.25, 0.3) is 0 Å². The summed E-state index contributed by atoms with van der Waals surface area (Å²) in [7, 11) is 0. The fraction of sp³-hybridized carbons (Fsp3) is 0.409. The highest BCUT2D eigenvalue weighted by Crippen LogP contribution is 2.41. The Balaban J connectivity index is 1.72. The molecule has 2 aromatic rings. The smallest absolute Gasteiger partial charge is 0.140 e. The van der Waals surface area contributed by atoms with Crippen LogP contribution in [-0.2, 0) is 10.2 Å². The molecule has 0 spiro atoms. The standard InChI is InChI=1S/C22H28N2O3/c1-16(25)22(17-5-3-2-4-6-17)11-12-24-14-18(22)13-20(26)15-27-21-9-7-19(23)8-10-21/h2-10,18,20,24,26H,11-15,23H2,1H3/t18-,20-,22+/m1/s1. The molecular formula is C22H28N2O3. The number of piperidine rings is 1. The number of Topliss-reactive ketones (excluding diaryl/α,β-unsaturated/α-hetero) is 1. The maximum absolute atomic E-state index is 12.8. The van der Waals surface area contributed by atoms with Crippen molar-refractivity contribution in [3.63, 3.8) is 0 Å². The van der Waals surface area contributed by atoms with Gasteiger partial charge in [0.15, 0.2) is 0 Å². The summed E-state index contributed by atoms with van der Waals surface area (Å²) in [6.07, 6.45) is 0.578. The van der Waals surface area contributed by atoms with Gasteiger partial charge in [0.05, 0.1) is 11.5 Å². The number of ketones is 1. The molecule has 5 heteroatoms. The lowest BCUT2D eigenvalue weighted by Crippen LogP contribution is -2.53. The molecule has 4 N–H and O–H groups in total. The molecule has 2 aromatic carbocycles. The van der Waals surface area contributed by atoms with E-state index >= 15 is 0 Å². The number of nitrogen functional groups attached to an aromatic ring is 1. The Labute approximate surface area is 160 Å². The molecule has 1 fully saturated rings. The minimum Gasteiger partial charge on any atom is -0.491 e. The fourth-order valence-electron chi connectivity index (χ4n) is 4.16. The van der Waals surface area contributed by atoms with E-state index in [1.54, 1.807) is 31.2 Å². The van der Waals surface area contributed by atoms with Gasteiger partial charge < -0.3 is 20.9 Å². The van der Waals surface area contributed by atoms with Crippen LogP contribution in [0.2, 0.25) is 0 Å². The zero-order valence-corrected chi connectivity index (χ0v) is 15.7. The third-order valence-corrected chi connectivity index (χ3v) is 5.58. The first-order valence-corrected chi connectivity index (χ1v) is 9.46. The van der Waals surface area contributed by atoms with Gasteiger partial charge in [-0.25, -0.2) is 0 Å². The van der Waals surface area contributed by atoms with Gasteiger partial charge in [-0.2, -0.15) is 0 Å². The number of nitrogens with two attached hydrogens (primary N) is 1. The molecule has 144 valence electrons. The topological polar surface area (TPSA) is 84.6 Å². The highest BCUT2D eigenvalue weighted by atomic mass is 16.5. The van der Waals surface area contributed by atoms with Crippen molar-refractivity contribution in [3.05, 3.63) is 60.2 Å². The van der Waals surface area contributed by atoms with E-state index in [1.807, 2.05) is 30.3 Å². The van der Waals surface area contributed by atoms with E-state index in [9.17, 15) is 9.90 Å². The zero-order chi connectivity index (χ0) is 19.3. The van der Waals surface area contributed by atoms with E-state index in [0.29, 0.717) is 24.4 Å². The largest absolute Gasteiger partial charge is 0.491 e. The van der Waals surface area contributed by atoms with E-state index < -0.39 is 11.5 Å². The first-order valence-electron chi connectivity index (χ1n) is 9.46. The van der Waals surface area contributed by atoms with Gasteiger partial charge in [-0.15, -0.1) is 0 Å². The Hall–Kier alpha value is -2.37. The molecule has 5 nitrogen and oxygen atoms in total. The molecule has 3 atom stereocenters. The molecule has 0 aliphatic carbocycles. The van der Waals surface area contributed by atoms with Gasteiger partial charge in [0.1, 0.15) is 18.1 Å². The van der Waals surface area contributed by atoms with E-state index in [-0.39, 0.29) is 18.3 Å². The molecule has 0 aromatic heterocycles. The minimum atomic E-state index is -0.658. The van der Waals surface area contributed by atoms with Gasteiger partial charge in [-0.3, -0.25) is 4.79 Å². The number of carbonyl (C=O) groups is 1. The molecule has 0 radical (unpaired) electrons. The normalized spacial score (nSPS) is 23.6. The van der Waals surface area contributed by atoms with Gasteiger partial charge in [0, 0.05) is 5.69 Å². The summed E-state index contributed by atoms with van der Waals surface area (Å²) in [5.41, 5.74) is 6.82. The summed E-state index contributed by atoms with van der Waals surface area (Å²) < 4.78 is 5.69. The molecular weight excluding hydrogens is 340 g/mol. The first kappa shape index (κ1) is 19.4. The van der Waals surface area contributed by atoms with Crippen LogP contribution < -0.4 is 15.8 Å². The van der Waals surface area contributed by atoms with Crippen molar-refractivity contribution < 1.29 is 14.6 Å². The van der Waals surface area contributed by atoms with Crippen molar-refractivity contribution in [3.8, 4) is 5.75 Å². The molecule has 1 aliphatic heterocycles. The maximum atomic E-state index is 12.8. The average molecular weight is 368 g/mol. The Bertz CT molecular complexity index is 748. The Morgan fingerprint density at radius 2 is 1.96 bits per heavy atom. The van der Waals surface area contributed by atoms with Gasteiger partial charge in [-0.1, -0.05) is 30.3 Å². The van der Waals surface area contributed by atoms with Crippen molar-refractivity contribution in [2.45, 2.75) is 31.3 Å². The zero-order valence-electron chi connectivity index (χ0n) is 15.7. The highest BCUT2D eigenvalue weighted by molar-refractivity contribution is 5.88. The number of ether oxygens (including phenoxy) is 1. The monoisotopic (exact) mass is 368 g/mol. The van der Waals surface area contributed by atoms with Crippen LogP contribution in [0.5, 0.6) is 5.75 Å². The van der Waals surface area contributed by atoms with Crippen LogP contribution in [0.15, 0.2) is 54.6 Å². The van der Waals surface area contributed by atoms with E-state index in [2.05, 4.69) is 5.32 Å². The van der Waals surface area contributed by atoms with Crippen LogP contribution >= 0.6 is 0 Å². The summed E-state index contributed by atoms with van der Waals surface area (Å²) in [5, 5.41) is 14.0. The molecule has 3 rings (SSSR count). The van der Waals surface area contributed by atoms with Gasteiger partial charge in [0.25, 0.3) is 0 Å². The van der Waals surface area contributed by atoms with Crippen molar-refractivity contribution >= 4 is 11.5 Å². The summed E-state index contributed by atoms with van der Waals surface area (Å²) in [4.78, 5) is 12.8. The molecule has 0 unspecified atom stereocenters. The van der Waals surface area contributed by atoms with Crippen LogP contribution in [-0.4, -0.2) is 36.7 Å². The molecule has 27 heavy (non-hydrogen) atoms. The van der Waals surface area contributed by atoms with Gasteiger partial charge in [0.2, 0.25) is 0 Å². The number of aliphatic hydroxyl groups is 1. The second kappa shape index (κ2) is 8.55. The predicted molar refractivity (Wildman–Crippen MR) is 107 cm³/mol. The summed E-state index contributed by atoms with van der Waals surface area (Å²) in [6, 6.07) is 17.1. The summed E-state index contributed by atoms with van der Waals surface area (Å²) in [5.74, 6) is 0.842. The quantitative estimate of drug-likeness (QED) is 0.654. The van der Waals surface area contributed by atoms with Crippen molar-refractivity contribution in [2.75, 3.05) is 25.4 Å². The number of rotatable bonds is 7. The average Bonchev–Trinajstić information content (AvgIpc) is 2.68. The van der Waals surface area contributed by atoms with Crippen molar-refractivity contribution in [2.24, 2.45) is 5.92 Å².